The summed E-state index contributed by atoms with van der Waals surface area (Å²) in [5.74, 6) is 1.73. The van der Waals surface area contributed by atoms with E-state index in [1.807, 2.05) is 31.5 Å². The van der Waals surface area contributed by atoms with Gasteiger partial charge in [-0.25, -0.2) is 0 Å². The Labute approximate surface area is 151 Å². The molecule has 0 bridgehead atoms. The van der Waals surface area contributed by atoms with E-state index >= 15 is 0 Å². The summed E-state index contributed by atoms with van der Waals surface area (Å²) in [5, 5.41) is 0. The van der Waals surface area contributed by atoms with E-state index in [0.29, 0.717) is 0 Å². The van der Waals surface area contributed by atoms with Crippen molar-refractivity contribution < 1.29 is 4.74 Å². The van der Waals surface area contributed by atoms with Crippen LogP contribution in [0.3, 0.4) is 0 Å². The van der Waals surface area contributed by atoms with Crippen LogP contribution in [0.4, 0.5) is 0 Å². The van der Waals surface area contributed by atoms with Crippen LogP contribution < -0.4 is 4.74 Å². The van der Waals surface area contributed by atoms with E-state index in [9.17, 15) is 0 Å². The molecule has 0 unspecified atom stereocenters. The second-order valence-corrected chi connectivity index (χ2v) is 7.03. The highest BCUT2D eigenvalue weighted by Crippen LogP contribution is 2.21. The Morgan fingerprint density at radius 3 is 2.92 bits per heavy atom. The molecule has 1 atom stereocenters. The number of benzene rings is 1. The number of nitrogens with zero attached hydrogens (tertiary/aromatic N) is 3. The Balaban J connectivity index is 1.46. The second kappa shape index (κ2) is 8.97. The van der Waals surface area contributed by atoms with Crippen LogP contribution in [0.15, 0.2) is 48.8 Å². The lowest BCUT2D eigenvalue weighted by atomic mass is 10.1. The standard InChI is InChI=1S/C21H29N3O/c1-3-25-21-8-4-6-18(12-21)16-24-11-9-20(17-24)15-23(2)14-19-7-5-10-22-13-19/h4-8,10,12-13,20H,3,9,11,14-17H2,1-2H3/t20-/m1/s1. The van der Waals surface area contributed by atoms with Gasteiger partial charge >= 0.3 is 0 Å². The largest absolute Gasteiger partial charge is 0.494 e. The third kappa shape index (κ3) is 5.55. The van der Waals surface area contributed by atoms with Crippen molar-refractivity contribution in [3.05, 3.63) is 59.9 Å². The van der Waals surface area contributed by atoms with Gasteiger partial charge in [0.05, 0.1) is 6.61 Å². The maximum Gasteiger partial charge on any atom is 0.119 e. The summed E-state index contributed by atoms with van der Waals surface area (Å²) in [6.07, 6.45) is 5.07. The summed E-state index contributed by atoms with van der Waals surface area (Å²) >= 11 is 0. The molecule has 1 saturated heterocycles. The molecule has 0 radical (unpaired) electrons. The minimum absolute atomic E-state index is 0.721. The normalized spacial score (nSPS) is 18.0. The molecule has 1 aromatic carbocycles. The highest BCUT2D eigenvalue weighted by molar-refractivity contribution is 5.28. The van der Waals surface area contributed by atoms with E-state index in [4.69, 9.17) is 4.74 Å². The molecule has 0 aliphatic carbocycles. The zero-order chi connectivity index (χ0) is 17.5. The van der Waals surface area contributed by atoms with Gasteiger partial charge in [-0.1, -0.05) is 18.2 Å². The second-order valence-electron chi connectivity index (χ2n) is 7.03. The van der Waals surface area contributed by atoms with Crippen molar-refractivity contribution in [2.24, 2.45) is 5.92 Å². The fourth-order valence-corrected chi connectivity index (χ4v) is 3.67. The van der Waals surface area contributed by atoms with Crippen molar-refractivity contribution in [1.82, 2.24) is 14.8 Å². The molecule has 134 valence electrons. The van der Waals surface area contributed by atoms with E-state index < -0.39 is 0 Å². The number of pyridine rings is 1. The summed E-state index contributed by atoms with van der Waals surface area (Å²) in [7, 11) is 2.21. The average molecular weight is 339 g/mol. The van der Waals surface area contributed by atoms with E-state index in [-0.39, 0.29) is 0 Å². The molecule has 1 aromatic heterocycles. The molecule has 2 aromatic rings. The first kappa shape index (κ1) is 17.9. The summed E-state index contributed by atoms with van der Waals surface area (Å²) in [6.45, 7) is 8.24. The number of rotatable bonds is 8. The maximum atomic E-state index is 5.61. The zero-order valence-electron chi connectivity index (χ0n) is 15.4. The van der Waals surface area contributed by atoms with Gasteiger partial charge < -0.3 is 9.64 Å². The van der Waals surface area contributed by atoms with Gasteiger partial charge in [0.2, 0.25) is 0 Å². The predicted octanol–water partition coefficient (Wildman–Crippen LogP) is 3.43. The van der Waals surface area contributed by atoms with Gasteiger partial charge in [-0.05, 0) is 62.2 Å². The number of aromatic nitrogens is 1. The van der Waals surface area contributed by atoms with Crippen LogP contribution in [0.1, 0.15) is 24.5 Å². The topological polar surface area (TPSA) is 28.6 Å². The van der Waals surface area contributed by atoms with Crippen LogP contribution in [-0.2, 0) is 13.1 Å². The average Bonchev–Trinajstić information content (AvgIpc) is 3.03. The van der Waals surface area contributed by atoms with Crippen molar-refractivity contribution in [1.29, 1.82) is 0 Å². The lowest BCUT2D eigenvalue weighted by Crippen LogP contribution is -2.28. The highest BCUT2D eigenvalue weighted by atomic mass is 16.5. The van der Waals surface area contributed by atoms with Crippen molar-refractivity contribution in [3.8, 4) is 5.75 Å². The Hall–Kier alpha value is -1.91. The minimum Gasteiger partial charge on any atom is -0.494 e. The number of ether oxygens (including phenoxy) is 1. The molecule has 4 nitrogen and oxygen atoms in total. The van der Waals surface area contributed by atoms with Crippen molar-refractivity contribution in [2.45, 2.75) is 26.4 Å². The van der Waals surface area contributed by atoms with Crippen LogP contribution >= 0.6 is 0 Å². The molecule has 1 fully saturated rings. The summed E-state index contributed by atoms with van der Waals surface area (Å²) in [5.41, 5.74) is 2.63. The molecule has 2 heterocycles. The van der Waals surface area contributed by atoms with Gasteiger partial charge in [0.25, 0.3) is 0 Å². The van der Waals surface area contributed by atoms with E-state index in [1.54, 1.807) is 0 Å². The molecule has 3 rings (SSSR count). The first-order valence-corrected chi connectivity index (χ1v) is 9.24. The highest BCUT2D eigenvalue weighted by Gasteiger charge is 2.23. The molecule has 1 aliphatic heterocycles. The van der Waals surface area contributed by atoms with Crippen LogP contribution in [0.2, 0.25) is 0 Å². The third-order valence-electron chi connectivity index (χ3n) is 4.73. The van der Waals surface area contributed by atoms with Gasteiger partial charge in [-0.3, -0.25) is 9.88 Å². The van der Waals surface area contributed by atoms with Gasteiger partial charge in [-0.15, -0.1) is 0 Å². The quantitative estimate of drug-likeness (QED) is 0.737. The fourth-order valence-electron chi connectivity index (χ4n) is 3.67. The first-order chi connectivity index (χ1) is 12.2. The molecular formula is C21H29N3O. The third-order valence-corrected chi connectivity index (χ3v) is 4.73. The Bertz CT molecular complexity index is 647. The van der Waals surface area contributed by atoms with Gasteiger partial charge in [0.1, 0.15) is 5.75 Å². The van der Waals surface area contributed by atoms with Crippen LogP contribution in [-0.4, -0.2) is 48.1 Å². The van der Waals surface area contributed by atoms with Crippen molar-refractivity contribution in [3.63, 3.8) is 0 Å². The van der Waals surface area contributed by atoms with Crippen LogP contribution in [0, 0.1) is 5.92 Å². The number of hydrogen-bond donors (Lipinski definition) is 0. The molecular weight excluding hydrogens is 310 g/mol. The van der Waals surface area contributed by atoms with Crippen LogP contribution in [0.5, 0.6) is 5.75 Å². The Kier molecular flexibility index (Phi) is 6.42. The number of hydrogen-bond acceptors (Lipinski definition) is 4. The maximum absolute atomic E-state index is 5.61. The number of likely N-dealkylation sites (tertiary alicyclic amines) is 1. The Morgan fingerprint density at radius 2 is 2.12 bits per heavy atom. The summed E-state index contributed by atoms with van der Waals surface area (Å²) in [4.78, 5) is 9.18. The monoisotopic (exact) mass is 339 g/mol. The molecule has 0 saturated carbocycles. The van der Waals surface area contributed by atoms with Gasteiger partial charge in [0.15, 0.2) is 0 Å². The first-order valence-electron chi connectivity index (χ1n) is 9.24. The molecule has 25 heavy (non-hydrogen) atoms. The van der Waals surface area contributed by atoms with Gasteiger partial charge in [-0.2, -0.15) is 0 Å². The molecule has 0 N–H and O–H groups in total. The lowest BCUT2D eigenvalue weighted by Gasteiger charge is -2.21. The molecule has 1 aliphatic rings. The minimum atomic E-state index is 0.721. The summed E-state index contributed by atoms with van der Waals surface area (Å²) in [6, 6.07) is 12.7. The smallest absolute Gasteiger partial charge is 0.119 e. The van der Waals surface area contributed by atoms with Crippen molar-refractivity contribution >= 4 is 0 Å². The Morgan fingerprint density at radius 1 is 1.24 bits per heavy atom. The molecule has 0 amide bonds. The van der Waals surface area contributed by atoms with E-state index in [0.717, 1.165) is 37.9 Å². The lowest BCUT2D eigenvalue weighted by molar-refractivity contribution is 0.254. The van der Waals surface area contributed by atoms with Crippen LogP contribution in [0.25, 0.3) is 0 Å². The van der Waals surface area contributed by atoms with E-state index in [1.165, 1.54) is 30.6 Å². The van der Waals surface area contributed by atoms with Gasteiger partial charge in [0, 0.05) is 38.6 Å². The molecule has 4 heteroatoms. The predicted molar refractivity (Wildman–Crippen MR) is 102 cm³/mol. The molecule has 0 spiro atoms. The van der Waals surface area contributed by atoms with Crippen molar-refractivity contribution in [2.75, 3.05) is 33.3 Å². The van der Waals surface area contributed by atoms with E-state index in [2.05, 4.69) is 46.1 Å². The zero-order valence-corrected chi connectivity index (χ0v) is 15.4. The fraction of sp³-hybridized carbons (Fsp3) is 0.476. The summed E-state index contributed by atoms with van der Waals surface area (Å²) < 4.78 is 5.61. The SMILES string of the molecule is CCOc1cccc(CN2CC[C@H](CN(C)Cc3cccnc3)C2)c1.